The predicted molar refractivity (Wildman–Crippen MR) is 73.3 cm³/mol. The molecule has 4 heteroatoms. The molecule has 2 saturated heterocycles. The van der Waals surface area contributed by atoms with Crippen molar-refractivity contribution in [3.8, 4) is 0 Å². The van der Waals surface area contributed by atoms with Gasteiger partial charge in [0.05, 0.1) is 5.41 Å². The van der Waals surface area contributed by atoms with E-state index < -0.39 is 0 Å². The molecule has 0 aromatic carbocycles. The molecule has 2 atom stereocenters. The quantitative estimate of drug-likeness (QED) is 0.814. The monoisotopic (exact) mass is 256 g/mol. The number of rotatable bonds is 2. The number of carbonyl (C=O) groups excluding carboxylic acids is 1. The SMILES string of the molecule is CC1CSCCN1C(=O)C1(C(C)C)CCNC1. The zero-order valence-electron chi connectivity index (χ0n) is 11.2. The number of thioether (sulfide) groups is 1. The molecule has 2 rings (SSSR count). The van der Waals surface area contributed by atoms with Gasteiger partial charge in [-0.2, -0.15) is 11.8 Å². The third-order valence-corrected chi connectivity index (χ3v) is 5.54. The van der Waals surface area contributed by atoms with Gasteiger partial charge in [-0.05, 0) is 25.8 Å². The van der Waals surface area contributed by atoms with E-state index in [-0.39, 0.29) is 5.41 Å². The Labute approximate surface area is 109 Å². The molecule has 2 fully saturated rings. The molecule has 0 aliphatic carbocycles. The Morgan fingerprint density at radius 1 is 1.53 bits per heavy atom. The van der Waals surface area contributed by atoms with Gasteiger partial charge in [-0.25, -0.2) is 0 Å². The summed E-state index contributed by atoms with van der Waals surface area (Å²) in [5.74, 6) is 3.00. The first kappa shape index (κ1) is 13.2. The normalized spacial score (nSPS) is 34.4. The number of nitrogens with zero attached hydrogens (tertiary/aromatic N) is 1. The van der Waals surface area contributed by atoms with E-state index in [4.69, 9.17) is 0 Å². The van der Waals surface area contributed by atoms with E-state index in [9.17, 15) is 4.79 Å². The van der Waals surface area contributed by atoms with E-state index in [2.05, 4.69) is 31.0 Å². The molecular formula is C13H24N2OS. The molecule has 3 nitrogen and oxygen atoms in total. The second kappa shape index (κ2) is 5.19. The van der Waals surface area contributed by atoms with Crippen molar-refractivity contribution in [2.75, 3.05) is 31.1 Å². The van der Waals surface area contributed by atoms with Crippen molar-refractivity contribution in [3.05, 3.63) is 0 Å². The Kier molecular flexibility index (Phi) is 4.03. The summed E-state index contributed by atoms with van der Waals surface area (Å²) in [7, 11) is 0. The molecule has 1 amide bonds. The Morgan fingerprint density at radius 3 is 2.82 bits per heavy atom. The summed E-state index contributed by atoms with van der Waals surface area (Å²) in [6, 6.07) is 0.400. The smallest absolute Gasteiger partial charge is 0.230 e. The van der Waals surface area contributed by atoms with E-state index >= 15 is 0 Å². The standard InChI is InChI=1S/C13H24N2OS/c1-10(2)13(4-5-14-9-13)12(16)15-6-7-17-8-11(15)3/h10-11,14H,4-9H2,1-3H3. The molecule has 1 N–H and O–H groups in total. The van der Waals surface area contributed by atoms with Gasteiger partial charge in [-0.1, -0.05) is 13.8 Å². The fourth-order valence-electron chi connectivity index (χ4n) is 2.95. The summed E-state index contributed by atoms with van der Waals surface area (Å²) in [5, 5.41) is 3.38. The van der Waals surface area contributed by atoms with Gasteiger partial charge in [0.15, 0.2) is 0 Å². The number of hydrogen-bond acceptors (Lipinski definition) is 3. The first-order valence-electron chi connectivity index (χ1n) is 6.67. The Morgan fingerprint density at radius 2 is 2.29 bits per heavy atom. The van der Waals surface area contributed by atoms with Crippen molar-refractivity contribution in [2.24, 2.45) is 11.3 Å². The first-order chi connectivity index (χ1) is 8.08. The van der Waals surface area contributed by atoms with Crippen LogP contribution in [0, 0.1) is 11.3 Å². The highest BCUT2D eigenvalue weighted by molar-refractivity contribution is 7.99. The summed E-state index contributed by atoms with van der Waals surface area (Å²) in [4.78, 5) is 15.0. The summed E-state index contributed by atoms with van der Waals surface area (Å²) >= 11 is 1.96. The number of amides is 1. The largest absolute Gasteiger partial charge is 0.338 e. The van der Waals surface area contributed by atoms with E-state index in [0.29, 0.717) is 17.9 Å². The van der Waals surface area contributed by atoms with Crippen LogP contribution in [0.25, 0.3) is 0 Å². The van der Waals surface area contributed by atoms with Crippen LogP contribution in [-0.4, -0.2) is 48.0 Å². The molecule has 0 saturated carbocycles. The Balaban J connectivity index is 2.16. The lowest BCUT2D eigenvalue weighted by atomic mass is 9.75. The number of hydrogen-bond donors (Lipinski definition) is 1. The maximum absolute atomic E-state index is 12.9. The lowest BCUT2D eigenvalue weighted by molar-refractivity contribution is -0.145. The minimum atomic E-state index is -0.143. The molecule has 2 unspecified atom stereocenters. The fourth-order valence-corrected chi connectivity index (χ4v) is 3.96. The van der Waals surface area contributed by atoms with Gasteiger partial charge in [0.25, 0.3) is 0 Å². The average molecular weight is 256 g/mol. The second-order valence-electron chi connectivity index (χ2n) is 5.66. The van der Waals surface area contributed by atoms with Gasteiger partial charge in [-0.3, -0.25) is 4.79 Å². The second-order valence-corrected chi connectivity index (χ2v) is 6.81. The lowest BCUT2D eigenvalue weighted by Crippen LogP contribution is -2.54. The lowest BCUT2D eigenvalue weighted by Gasteiger charge is -2.41. The van der Waals surface area contributed by atoms with Crippen molar-refractivity contribution in [2.45, 2.75) is 33.2 Å². The van der Waals surface area contributed by atoms with Crippen molar-refractivity contribution in [3.63, 3.8) is 0 Å². The van der Waals surface area contributed by atoms with Crippen LogP contribution in [0.1, 0.15) is 27.2 Å². The summed E-state index contributed by atoms with van der Waals surface area (Å²) in [6.45, 7) is 9.34. The zero-order chi connectivity index (χ0) is 12.5. The summed E-state index contributed by atoms with van der Waals surface area (Å²) in [6.07, 6.45) is 1.000. The molecule has 0 radical (unpaired) electrons. The highest BCUT2D eigenvalue weighted by Gasteiger charge is 2.47. The molecule has 17 heavy (non-hydrogen) atoms. The van der Waals surface area contributed by atoms with Crippen LogP contribution in [0.3, 0.4) is 0 Å². The minimum absolute atomic E-state index is 0.143. The molecule has 2 aliphatic rings. The van der Waals surface area contributed by atoms with Gasteiger partial charge in [0.2, 0.25) is 5.91 Å². The molecule has 0 spiro atoms. The van der Waals surface area contributed by atoms with E-state index in [1.807, 2.05) is 11.8 Å². The maximum atomic E-state index is 12.9. The molecule has 2 aliphatic heterocycles. The third-order valence-electron chi connectivity index (χ3n) is 4.35. The first-order valence-corrected chi connectivity index (χ1v) is 7.83. The van der Waals surface area contributed by atoms with Gasteiger partial charge in [-0.15, -0.1) is 0 Å². The van der Waals surface area contributed by atoms with Crippen molar-refractivity contribution in [1.29, 1.82) is 0 Å². The zero-order valence-corrected chi connectivity index (χ0v) is 12.0. The van der Waals surface area contributed by atoms with Crippen LogP contribution in [-0.2, 0) is 4.79 Å². The molecule has 0 bridgehead atoms. The van der Waals surface area contributed by atoms with Crippen LogP contribution < -0.4 is 5.32 Å². The number of carbonyl (C=O) groups is 1. The van der Waals surface area contributed by atoms with Crippen molar-refractivity contribution in [1.82, 2.24) is 10.2 Å². The minimum Gasteiger partial charge on any atom is -0.338 e. The molecule has 98 valence electrons. The van der Waals surface area contributed by atoms with Crippen LogP contribution in [0.15, 0.2) is 0 Å². The van der Waals surface area contributed by atoms with E-state index in [1.54, 1.807) is 0 Å². The molecule has 0 aromatic heterocycles. The summed E-state index contributed by atoms with van der Waals surface area (Å²) < 4.78 is 0. The Hall–Kier alpha value is -0.220. The predicted octanol–water partition coefficient (Wildman–Crippen LogP) is 1.59. The third kappa shape index (κ3) is 2.34. The van der Waals surface area contributed by atoms with E-state index in [0.717, 1.165) is 37.6 Å². The Bertz CT molecular complexity index is 287. The van der Waals surface area contributed by atoms with Crippen LogP contribution in [0.4, 0.5) is 0 Å². The number of nitrogens with one attached hydrogen (secondary N) is 1. The topological polar surface area (TPSA) is 32.3 Å². The average Bonchev–Trinajstić information content (AvgIpc) is 2.79. The van der Waals surface area contributed by atoms with E-state index in [1.165, 1.54) is 0 Å². The summed E-state index contributed by atoms with van der Waals surface area (Å²) in [5.41, 5.74) is -0.143. The maximum Gasteiger partial charge on any atom is 0.230 e. The fraction of sp³-hybridized carbons (Fsp3) is 0.923. The van der Waals surface area contributed by atoms with Gasteiger partial charge in [0.1, 0.15) is 0 Å². The van der Waals surface area contributed by atoms with Crippen molar-refractivity contribution < 1.29 is 4.79 Å². The van der Waals surface area contributed by atoms with Gasteiger partial charge in [0, 0.05) is 30.6 Å². The van der Waals surface area contributed by atoms with Crippen LogP contribution in [0.2, 0.25) is 0 Å². The van der Waals surface area contributed by atoms with Gasteiger partial charge < -0.3 is 10.2 Å². The van der Waals surface area contributed by atoms with Crippen LogP contribution >= 0.6 is 11.8 Å². The van der Waals surface area contributed by atoms with Crippen molar-refractivity contribution >= 4 is 17.7 Å². The molecule has 2 heterocycles. The molecule has 0 aromatic rings. The van der Waals surface area contributed by atoms with Gasteiger partial charge >= 0.3 is 0 Å². The highest BCUT2D eigenvalue weighted by atomic mass is 32.2. The molecular weight excluding hydrogens is 232 g/mol. The van der Waals surface area contributed by atoms with Crippen LogP contribution in [0.5, 0.6) is 0 Å². The highest BCUT2D eigenvalue weighted by Crippen LogP contribution is 2.37.